The largest absolute Gasteiger partial charge is 0.372 e. The summed E-state index contributed by atoms with van der Waals surface area (Å²) in [6.45, 7) is 3.04. The first-order valence-corrected chi connectivity index (χ1v) is 8.69. The average Bonchev–Trinajstić information content (AvgIpc) is 2.64. The number of urea groups is 1. The summed E-state index contributed by atoms with van der Waals surface area (Å²) in [4.78, 5) is 14.1. The number of carbonyl (C=O) groups excluding carboxylic acids is 1. The molecule has 2 aromatic rings. The monoisotopic (exact) mass is 360 g/mol. The van der Waals surface area contributed by atoms with Gasteiger partial charge in [0.05, 0.1) is 12.7 Å². The van der Waals surface area contributed by atoms with Crippen LogP contribution < -0.4 is 5.32 Å². The number of halogens is 2. The smallest absolute Gasteiger partial charge is 0.321 e. The molecule has 0 saturated carbocycles. The summed E-state index contributed by atoms with van der Waals surface area (Å²) in [7, 11) is 0. The molecule has 138 valence electrons. The molecule has 3 rings (SSSR count). The molecule has 1 heterocycles. The standard InChI is InChI=1S/C20H22F2N2O2/c1-14-4-7-17(8-5-14)23-20(25)24-10-2-3-18(12-24)26-13-15-11-16(21)6-9-19(15)22/h4-9,11,18H,2-3,10,12-13H2,1H3,(H,23,25). The third kappa shape index (κ3) is 4.79. The van der Waals surface area contributed by atoms with E-state index in [2.05, 4.69) is 5.32 Å². The quantitative estimate of drug-likeness (QED) is 0.873. The molecule has 6 heteroatoms. The van der Waals surface area contributed by atoms with Crippen molar-refractivity contribution in [2.75, 3.05) is 18.4 Å². The molecule has 1 aliphatic rings. The predicted molar refractivity (Wildman–Crippen MR) is 95.9 cm³/mol. The van der Waals surface area contributed by atoms with Crippen molar-refractivity contribution in [2.45, 2.75) is 32.5 Å². The minimum atomic E-state index is -0.493. The first-order valence-electron chi connectivity index (χ1n) is 8.69. The zero-order valence-corrected chi connectivity index (χ0v) is 14.7. The van der Waals surface area contributed by atoms with Crippen molar-refractivity contribution < 1.29 is 18.3 Å². The number of anilines is 1. The maximum atomic E-state index is 13.7. The Balaban J connectivity index is 1.54. The molecule has 26 heavy (non-hydrogen) atoms. The van der Waals surface area contributed by atoms with Crippen LogP contribution in [0.15, 0.2) is 42.5 Å². The SMILES string of the molecule is Cc1ccc(NC(=O)N2CCCC(OCc3cc(F)ccc3F)C2)cc1. The molecular formula is C20H22F2N2O2. The number of carbonyl (C=O) groups is 1. The van der Waals surface area contributed by atoms with E-state index in [-0.39, 0.29) is 24.3 Å². The number of benzene rings is 2. The Morgan fingerprint density at radius 1 is 1.23 bits per heavy atom. The minimum absolute atomic E-state index is 0.0122. The van der Waals surface area contributed by atoms with Crippen molar-refractivity contribution in [3.63, 3.8) is 0 Å². The van der Waals surface area contributed by atoms with Crippen LogP contribution in [0.3, 0.4) is 0 Å². The topological polar surface area (TPSA) is 41.6 Å². The Morgan fingerprint density at radius 3 is 2.77 bits per heavy atom. The second-order valence-corrected chi connectivity index (χ2v) is 6.55. The van der Waals surface area contributed by atoms with Crippen molar-refractivity contribution in [3.8, 4) is 0 Å². The summed E-state index contributed by atoms with van der Waals surface area (Å²) in [6.07, 6.45) is 1.39. The molecule has 2 aromatic carbocycles. The molecule has 4 nitrogen and oxygen atoms in total. The van der Waals surface area contributed by atoms with Gasteiger partial charge in [-0.05, 0) is 50.1 Å². The highest BCUT2D eigenvalue weighted by molar-refractivity contribution is 5.89. The van der Waals surface area contributed by atoms with Crippen LogP contribution in [0.2, 0.25) is 0 Å². The fourth-order valence-corrected chi connectivity index (χ4v) is 2.96. The lowest BCUT2D eigenvalue weighted by Gasteiger charge is -2.32. The van der Waals surface area contributed by atoms with Gasteiger partial charge in [0.2, 0.25) is 0 Å². The van der Waals surface area contributed by atoms with Crippen LogP contribution >= 0.6 is 0 Å². The number of ether oxygens (including phenoxy) is 1. The lowest BCUT2D eigenvalue weighted by Crippen LogP contribution is -2.45. The Kier molecular flexibility index (Phi) is 5.83. The highest BCUT2D eigenvalue weighted by Crippen LogP contribution is 2.18. The van der Waals surface area contributed by atoms with Crippen molar-refractivity contribution >= 4 is 11.7 Å². The van der Waals surface area contributed by atoms with Gasteiger partial charge in [0, 0.05) is 24.3 Å². The number of hydrogen-bond donors (Lipinski definition) is 1. The molecule has 0 radical (unpaired) electrons. The van der Waals surface area contributed by atoms with Gasteiger partial charge in [0.1, 0.15) is 11.6 Å². The molecule has 2 amide bonds. The fraction of sp³-hybridized carbons (Fsp3) is 0.350. The Labute approximate surface area is 151 Å². The van der Waals surface area contributed by atoms with Crippen LogP contribution in [0.25, 0.3) is 0 Å². The Morgan fingerprint density at radius 2 is 2.00 bits per heavy atom. The van der Waals surface area contributed by atoms with Gasteiger partial charge in [-0.1, -0.05) is 17.7 Å². The first kappa shape index (κ1) is 18.3. The summed E-state index contributed by atoms with van der Waals surface area (Å²) in [5.74, 6) is -0.982. The van der Waals surface area contributed by atoms with Gasteiger partial charge in [0.25, 0.3) is 0 Å². The molecule has 1 atom stereocenters. The lowest BCUT2D eigenvalue weighted by molar-refractivity contribution is -0.000137. The molecule has 0 aromatic heterocycles. The molecule has 1 saturated heterocycles. The van der Waals surface area contributed by atoms with Crippen LogP contribution in [0, 0.1) is 18.6 Å². The van der Waals surface area contributed by atoms with Gasteiger partial charge in [-0.3, -0.25) is 0 Å². The zero-order valence-electron chi connectivity index (χ0n) is 14.7. The van der Waals surface area contributed by atoms with E-state index >= 15 is 0 Å². The number of aryl methyl sites for hydroxylation is 1. The summed E-state index contributed by atoms with van der Waals surface area (Å²) < 4.78 is 32.6. The van der Waals surface area contributed by atoms with Crippen molar-refractivity contribution in [3.05, 3.63) is 65.2 Å². The summed E-state index contributed by atoms with van der Waals surface area (Å²) >= 11 is 0. The summed E-state index contributed by atoms with van der Waals surface area (Å²) in [6, 6.07) is 10.7. The maximum absolute atomic E-state index is 13.7. The molecule has 1 N–H and O–H groups in total. The number of hydrogen-bond acceptors (Lipinski definition) is 2. The van der Waals surface area contributed by atoms with Crippen molar-refractivity contribution in [2.24, 2.45) is 0 Å². The third-order valence-corrected chi connectivity index (χ3v) is 4.45. The van der Waals surface area contributed by atoms with Crippen LogP contribution in [0.5, 0.6) is 0 Å². The van der Waals surface area contributed by atoms with Gasteiger partial charge >= 0.3 is 6.03 Å². The van der Waals surface area contributed by atoms with E-state index < -0.39 is 11.6 Å². The summed E-state index contributed by atoms with van der Waals surface area (Å²) in [5.41, 5.74) is 2.05. The van der Waals surface area contributed by atoms with E-state index in [1.165, 1.54) is 0 Å². The highest BCUT2D eigenvalue weighted by atomic mass is 19.1. The summed E-state index contributed by atoms with van der Waals surface area (Å²) in [5, 5.41) is 2.87. The number of likely N-dealkylation sites (tertiary alicyclic amines) is 1. The van der Waals surface area contributed by atoms with E-state index in [4.69, 9.17) is 4.74 Å². The van der Waals surface area contributed by atoms with Gasteiger partial charge in [-0.2, -0.15) is 0 Å². The van der Waals surface area contributed by atoms with Crippen LogP contribution in [0.4, 0.5) is 19.3 Å². The predicted octanol–water partition coefficient (Wildman–Crippen LogP) is 4.49. The van der Waals surface area contributed by atoms with Crippen LogP contribution in [-0.4, -0.2) is 30.1 Å². The highest BCUT2D eigenvalue weighted by Gasteiger charge is 2.24. The van der Waals surface area contributed by atoms with Gasteiger partial charge in [0.15, 0.2) is 0 Å². The Hall–Kier alpha value is -2.47. The van der Waals surface area contributed by atoms with Crippen LogP contribution in [0.1, 0.15) is 24.0 Å². The molecule has 1 unspecified atom stereocenters. The van der Waals surface area contributed by atoms with Crippen molar-refractivity contribution in [1.82, 2.24) is 4.90 Å². The van der Waals surface area contributed by atoms with E-state index in [1.54, 1.807) is 4.90 Å². The van der Waals surface area contributed by atoms with Gasteiger partial charge in [-0.25, -0.2) is 13.6 Å². The second-order valence-electron chi connectivity index (χ2n) is 6.55. The third-order valence-electron chi connectivity index (χ3n) is 4.45. The van der Waals surface area contributed by atoms with Gasteiger partial charge in [-0.15, -0.1) is 0 Å². The van der Waals surface area contributed by atoms with Crippen LogP contribution in [-0.2, 0) is 11.3 Å². The number of nitrogens with one attached hydrogen (secondary N) is 1. The fourth-order valence-electron chi connectivity index (χ4n) is 2.96. The minimum Gasteiger partial charge on any atom is -0.372 e. The second kappa shape index (κ2) is 8.27. The van der Waals surface area contributed by atoms with E-state index in [9.17, 15) is 13.6 Å². The number of nitrogens with zero attached hydrogens (tertiary/aromatic N) is 1. The molecule has 1 fully saturated rings. The molecule has 0 aliphatic carbocycles. The normalized spacial score (nSPS) is 17.2. The average molecular weight is 360 g/mol. The number of piperidine rings is 1. The van der Waals surface area contributed by atoms with E-state index in [1.807, 2.05) is 31.2 Å². The molecule has 1 aliphatic heterocycles. The zero-order chi connectivity index (χ0) is 18.5. The molecule has 0 spiro atoms. The van der Waals surface area contributed by atoms with E-state index in [0.717, 1.165) is 42.3 Å². The van der Waals surface area contributed by atoms with E-state index in [0.29, 0.717) is 13.1 Å². The number of amides is 2. The Bertz CT molecular complexity index is 765. The lowest BCUT2D eigenvalue weighted by atomic mass is 10.1. The molecular weight excluding hydrogens is 338 g/mol. The number of rotatable bonds is 4. The first-order chi connectivity index (χ1) is 12.5. The molecule has 0 bridgehead atoms. The maximum Gasteiger partial charge on any atom is 0.321 e. The van der Waals surface area contributed by atoms with Gasteiger partial charge < -0.3 is 15.0 Å². The van der Waals surface area contributed by atoms with Crippen molar-refractivity contribution in [1.29, 1.82) is 0 Å².